The van der Waals surface area contributed by atoms with E-state index in [1.165, 1.54) is 5.56 Å². The van der Waals surface area contributed by atoms with E-state index in [0.29, 0.717) is 0 Å². The van der Waals surface area contributed by atoms with Crippen LogP contribution in [0.4, 0.5) is 0 Å². The summed E-state index contributed by atoms with van der Waals surface area (Å²) in [6.45, 7) is 6.14. The van der Waals surface area contributed by atoms with Crippen LogP contribution in [-0.2, 0) is 0 Å². The van der Waals surface area contributed by atoms with E-state index >= 15 is 0 Å². The molecule has 1 N–H and O–H groups in total. The molecule has 0 spiro atoms. The summed E-state index contributed by atoms with van der Waals surface area (Å²) >= 11 is 0. The quantitative estimate of drug-likeness (QED) is 0.940. The van der Waals surface area contributed by atoms with Gasteiger partial charge in [-0.2, -0.15) is 0 Å². The van der Waals surface area contributed by atoms with E-state index in [-0.39, 0.29) is 6.04 Å². The van der Waals surface area contributed by atoms with Crippen LogP contribution < -0.4 is 10.1 Å². The van der Waals surface area contributed by atoms with Crippen molar-refractivity contribution in [3.8, 4) is 5.75 Å². The van der Waals surface area contributed by atoms with Crippen molar-refractivity contribution in [1.29, 1.82) is 0 Å². The molecule has 1 atom stereocenters. The Morgan fingerprint density at radius 3 is 2.64 bits per heavy atom. The van der Waals surface area contributed by atoms with Crippen molar-refractivity contribution in [2.24, 2.45) is 0 Å². The number of hydrogen-bond acceptors (Lipinski definition) is 4. The molecule has 116 valence electrons. The first kappa shape index (κ1) is 15.0. The van der Waals surface area contributed by atoms with Crippen LogP contribution in [0.25, 0.3) is 0 Å². The Labute approximate surface area is 132 Å². The molecule has 1 aromatic carbocycles. The number of hydrogen-bond donors (Lipinski definition) is 1. The number of methoxy groups -OCH3 is 1. The number of ether oxygens (including phenoxy) is 1. The second-order valence-corrected chi connectivity index (χ2v) is 5.67. The van der Waals surface area contributed by atoms with Crippen LogP contribution in [0, 0.1) is 6.92 Å². The van der Waals surface area contributed by atoms with Crippen LogP contribution in [-0.4, -0.2) is 43.2 Å². The van der Waals surface area contributed by atoms with E-state index in [1.807, 2.05) is 19.1 Å². The molecular formula is C18H23N3O. The maximum absolute atomic E-state index is 5.40. The van der Waals surface area contributed by atoms with Gasteiger partial charge in [-0.1, -0.05) is 18.2 Å². The van der Waals surface area contributed by atoms with E-state index in [9.17, 15) is 0 Å². The summed E-state index contributed by atoms with van der Waals surface area (Å²) in [6.07, 6.45) is 0. The molecule has 4 heteroatoms. The molecule has 1 unspecified atom stereocenters. The van der Waals surface area contributed by atoms with Gasteiger partial charge in [0.05, 0.1) is 18.8 Å². The molecule has 0 saturated carbocycles. The van der Waals surface area contributed by atoms with Crippen LogP contribution in [0.1, 0.15) is 23.0 Å². The summed E-state index contributed by atoms with van der Waals surface area (Å²) in [6, 6.07) is 14.8. The molecule has 0 radical (unpaired) electrons. The highest BCUT2D eigenvalue weighted by atomic mass is 16.5. The summed E-state index contributed by atoms with van der Waals surface area (Å²) in [5.41, 5.74) is 3.40. The number of rotatable bonds is 4. The largest absolute Gasteiger partial charge is 0.497 e. The minimum atomic E-state index is 0.178. The molecule has 1 aromatic heterocycles. The highest BCUT2D eigenvalue weighted by Gasteiger charge is 2.25. The summed E-state index contributed by atoms with van der Waals surface area (Å²) in [4.78, 5) is 7.27. The van der Waals surface area contributed by atoms with Crippen molar-refractivity contribution in [3.63, 3.8) is 0 Å². The van der Waals surface area contributed by atoms with Gasteiger partial charge in [0.1, 0.15) is 5.75 Å². The Bertz CT molecular complexity index is 623. The minimum Gasteiger partial charge on any atom is -0.497 e. The second-order valence-electron chi connectivity index (χ2n) is 5.67. The lowest BCUT2D eigenvalue weighted by Crippen LogP contribution is -2.45. The maximum atomic E-state index is 5.40. The standard InChI is InChI=1S/C18H23N3O/c1-14-5-3-8-17(20-14)18(21-11-9-19-10-12-21)15-6-4-7-16(13-15)22-2/h3-8,13,18-19H,9-12H2,1-2H3. The third-order valence-corrected chi connectivity index (χ3v) is 4.12. The van der Waals surface area contributed by atoms with Gasteiger partial charge in [-0.05, 0) is 36.8 Å². The molecule has 1 aliphatic rings. The summed E-state index contributed by atoms with van der Waals surface area (Å²) in [7, 11) is 1.71. The van der Waals surface area contributed by atoms with Crippen LogP contribution in [0.15, 0.2) is 42.5 Å². The summed E-state index contributed by atoms with van der Waals surface area (Å²) in [5.74, 6) is 0.894. The van der Waals surface area contributed by atoms with E-state index in [4.69, 9.17) is 9.72 Å². The molecule has 2 heterocycles. The van der Waals surface area contributed by atoms with Gasteiger partial charge in [0.15, 0.2) is 0 Å². The lowest BCUT2D eigenvalue weighted by Gasteiger charge is -2.35. The Morgan fingerprint density at radius 2 is 1.91 bits per heavy atom. The lowest BCUT2D eigenvalue weighted by atomic mass is 10.00. The number of aromatic nitrogens is 1. The average molecular weight is 297 g/mol. The fraction of sp³-hybridized carbons (Fsp3) is 0.389. The van der Waals surface area contributed by atoms with Crippen LogP contribution in [0.3, 0.4) is 0 Å². The summed E-state index contributed by atoms with van der Waals surface area (Å²) < 4.78 is 5.40. The topological polar surface area (TPSA) is 37.4 Å². The van der Waals surface area contributed by atoms with Gasteiger partial charge in [0, 0.05) is 31.9 Å². The second kappa shape index (κ2) is 6.90. The minimum absolute atomic E-state index is 0.178. The molecule has 0 bridgehead atoms. The van der Waals surface area contributed by atoms with Crippen molar-refractivity contribution in [2.45, 2.75) is 13.0 Å². The predicted octanol–water partition coefficient (Wildman–Crippen LogP) is 2.39. The van der Waals surface area contributed by atoms with Crippen molar-refractivity contribution in [1.82, 2.24) is 15.2 Å². The number of pyridine rings is 1. The van der Waals surface area contributed by atoms with Crippen LogP contribution in [0.5, 0.6) is 5.75 Å². The molecule has 22 heavy (non-hydrogen) atoms. The Hall–Kier alpha value is -1.91. The number of nitrogens with one attached hydrogen (secondary N) is 1. The first-order chi connectivity index (χ1) is 10.8. The SMILES string of the molecule is COc1cccc(C(c2cccc(C)n2)N2CCNCC2)c1. The first-order valence-corrected chi connectivity index (χ1v) is 7.80. The Kier molecular flexibility index (Phi) is 4.71. The maximum Gasteiger partial charge on any atom is 0.119 e. The third kappa shape index (κ3) is 3.29. The molecular weight excluding hydrogens is 274 g/mol. The number of nitrogens with zero attached hydrogens (tertiary/aromatic N) is 2. The van der Waals surface area contributed by atoms with E-state index in [1.54, 1.807) is 7.11 Å². The third-order valence-electron chi connectivity index (χ3n) is 4.12. The number of piperazine rings is 1. The smallest absolute Gasteiger partial charge is 0.119 e. The van der Waals surface area contributed by atoms with Gasteiger partial charge in [0.25, 0.3) is 0 Å². The zero-order chi connectivity index (χ0) is 15.4. The highest BCUT2D eigenvalue weighted by Crippen LogP contribution is 2.30. The fourth-order valence-corrected chi connectivity index (χ4v) is 3.04. The molecule has 3 rings (SSSR count). The Balaban J connectivity index is 2.01. The number of aryl methyl sites for hydroxylation is 1. The highest BCUT2D eigenvalue weighted by molar-refractivity contribution is 5.35. The average Bonchev–Trinajstić information content (AvgIpc) is 2.56. The molecule has 0 aliphatic carbocycles. The zero-order valence-corrected chi connectivity index (χ0v) is 13.2. The van der Waals surface area contributed by atoms with Crippen molar-refractivity contribution in [2.75, 3.05) is 33.3 Å². The molecule has 1 saturated heterocycles. The van der Waals surface area contributed by atoms with E-state index < -0.39 is 0 Å². The van der Waals surface area contributed by atoms with Gasteiger partial charge in [-0.25, -0.2) is 0 Å². The van der Waals surface area contributed by atoms with E-state index in [0.717, 1.165) is 43.3 Å². The fourth-order valence-electron chi connectivity index (χ4n) is 3.04. The molecule has 4 nitrogen and oxygen atoms in total. The number of benzene rings is 1. The lowest BCUT2D eigenvalue weighted by molar-refractivity contribution is 0.195. The van der Waals surface area contributed by atoms with Gasteiger partial charge in [-0.3, -0.25) is 9.88 Å². The first-order valence-electron chi connectivity index (χ1n) is 7.80. The molecule has 1 aliphatic heterocycles. The van der Waals surface area contributed by atoms with Crippen molar-refractivity contribution in [3.05, 3.63) is 59.4 Å². The zero-order valence-electron chi connectivity index (χ0n) is 13.2. The predicted molar refractivity (Wildman–Crippen MR) is 88.3 cm³/mol. The summed E-state index contributed by atoms with van der Waals surface area (Å²) in [5, 5.41) is 3.42. The van der Waals surface area contributed by atoms with Crippen molar-refractivity contribution >= 4 is 0 Å². The van der Waals surface area contributed by atoms with Crippen LogP contribution >= 0.6 is 0 Å². The Morgan fingerprint density at radius 1 is 1.14 bits per heavy atom. The molecule has 1 fully saturated rings. The molecule has 0 amide bonds. The van der Waals surface area contributed by atoms with Gasteiger partial charge >= 0.3 is 0 Å². The van der Waals surface area contributed by atoms with Crippen LogP contribution in [0.2, 0.25) is 0 Å². The van der Waals surface area contributed by atoms with Gasteiger partial charge in [-0.15, -0.1) is 0 Å². The normalized spacial score (nSPS) is 17.2. The molecule has 2 aromatic rings. The monoisotopic (exact) mass is 297 g/mol. The van der Waals surface area contributed by atoms with Gasteiger partial charge in [0.2, 0.25) is 0 Å². The van der Waals surface area contributed by atoms with Crippen molar-refractivity contribution < 1.29 is 4.74 Å². The van der Waals surface area contributed by atoms with E-state index in [2.05, 4.69) is 40.5 Å². The van der Waals surface area contributed by atoms with Gasteiger partial charge < -0.3 is 10.1 Å².